The molecule has 3 heteroatoms. The van der Waals surface area contributed by atoms with E-state index in [1.807, 2.05) is 6.07 Å². The van der Waals surface area contributed by atoms with Crippen LogP contribution in [0.5, 0.6) is 0 Å². The van der Waals surface area contributed by atoms with Crippen LogP contribution >= 0.6 is 0 Å². The van der Waals surface area contributed by atoms with Gasteiger partial charge in [-0.05, 0) is 107 Å². The lowest BCUT2D eigenvalue weighted by Gasteiger charge is -2.26. The Balaban J connectivity index is 1.45. The van der Waals surface area contributed by atoms with Crippen LogP contribution in [0.1, 0.15) is 27.7 Å². The largest absolute Gasteiger partial charge is 0.239 e. The van der Waals surface area contributed by atoms with E-state index >= 15 is 0 Å². The van der Waals surface area contributed by atoms with E-state index in [-0.39, 0.29) is 0 Å². The molecule has 0 saturated carbocycles. The SMILES string of the molecule is CC1(C)ON(c2cc(-c3ccccc3)cc(-c3ccc4c5ccccc5c5ccccc5c4c3)c2)OC1(C)C. The molecule has 1 fully saturated rings. The minimum atomic E-state index is -0.473. The van der Waals surface area contributed by atoms with Gasteiger partial charge in [-0.25, -0.2) is 9.68 Å². The molecule has 0 radical (unpaired) electrons. The van der Waals surface area contributed by atoms with Crippen LogP contribution in [-0.2, 0) is 9.68 Å². The fourth-order valence-electron chi connectivity index (χ4n) is 5.53. The highest BCUT2D eigenvalue weighted by molar-refractivity contribution is 6.25. The van der Waals surface area contributed by atoms with Crippen molar-refractivity contribution in [3.63, 3.8) is 0 Å². The molecule has 0 atom stereocenters. The highest BCUT2D eigenvalue weighted by atomic mass is 17.0. The number of anilines is 1. The van der Waals surface area contributed by atoms with Gasteiger partial charge in [0.1, 0.15) is 11.2 Å². The summed E-state index contributed by atoms with van der Waals surface area (Å²) in [7, 11) is 0. The zero-order valence-electron chi connectivity index (χ0n) is 22.7. The first-order valence-corrected chi connectivity index (χ1v) is 13.5. The molecule has 1 saturated heterocycles. The summed E-state index contributed by atoms with van der Waals surface area (Å²) >= 11 is 0. The zero-order valence-corrected chi connectivity index (χ0v) is 22.7. The summed E-state index contributed by atoms with van der Waals surface area (Å²) in [6.45, 7) is 8.25. The summed E-state index contributed by atoms with van der Waals surface area (Å²) in [5, 5.41) is 9.23. The van der Waals surface area contributed by atoms with Gasteiger partial charge in [0.05, 0.1) is 5.69 Å². The van der Waals surface area contributed by atoms with E-state index in [1.54, 1.807) is 5.23 Å². The maximum absolute atomic E-state index is 6.32. The van der Waals surface area contributed by atoms with E-state index in [0.717, 1.165) is 27.9 Å². The van der Waals surface area contributed by atoms with E-state index in [1.165, 1.54) is 32.3 Å². The zero-order chi connectivity index (χ0) is 26.8. The van der Waals surface area contributed by atoms with Crippen molar-refractivity contribution in [2.45, 2.75) is 38.9 Å². The van der Waals surface area contributed by atoms with E-state index in [0.29, 0.717) is 0 Å². The van der Waals surface area contributed by atoms with Gasteiger partial charge in [-0.2, -0.15) is 0 Å². The lowest BCUT2D eigenvalue weighted by molar-refractivity contribution is -0.0272. The van der Waals surface area contributed by atoms with Crippen LogP contribution in [0.15, 0.2) is 115 Å². The Hall–Kier alpha value is -4.18. The molecule has 1 aliphatic rings. The molecule has 0 N–H and O–H groups in total. The molecular formula is C36H31NO2. The van der Waals surface area contributed by atoms with Crippen molar-refractivity contribution in [2.24, 2.45) is 0 Å². The lowest BCUT2D eigenvalue weighted by Crippen LogP contribution is -2.41. The molecule has 6 aromatic carbocycles. The maximum atomic E-state index is 6.32. The Morgan fingerprint density at radius 1 is 0.410 bits per heavy atom. The van der Waals surface area contributed by atoms with E-state index < -0.39 is 11.2 Å². The topological polar surface area (TPSA) is 21.7 Å². The Morgan fingerprint density at radius 2 is 0.872 bits per heavy atom. The number of nitrogens with zero attached hydrogens (tertiary/aromatic N) is 1. The number of fused-ring (bicyclic) bond motifs is 6. The van der Waals surface area contributed by atoms with E-state index in [2.05, 4.69) is 137 Å². The smallest absolute Gasteiger partial charge is 0.124 e. The van der Waals surface area contributed by atoms with Crippen LogP contribution in [0, 0.1) is 0 Å². The monoisotopic (exact) mass is 509 g/mol. The van der Waals surface area contributed by atoms with Crippen LogP contribution in [0.3, 0.4) is 0 Å². The van der Waals surface area contributed by atoms with Crippen LogP contribution < -0.4 is 5.23 Å². The number of hydrogen-bond acceptors (Lipinski definition) is 3. The summed E-state index contributed by atoms with van der Waals surface area (Å²) in [6, 6.07) is 41.3. The van der Waals surface area contributed by atoms with Gasteiger partial charge in [0.15, 0.2) is 0 Å². The first kappa shape index (κ1) is 23.9. The van der Waals surface area contributed by atoms with Gasteiger partial charge in [0.25, 0.3) is 0 Å². The summed E-state index contributed by atoms with van der Waals surface area (Å²) in [5.41, 5.74) is 4.45. The summed E-state index contributed by atoms with van der Waals surface area (Å²) in [4.78, 5) is 12.6. The van der Waals surface area contributed by atoms with Crippen molar-refractivity contribution in [3.05, 3.63) is 115 Å². The molecular weight excluding hydrogens is 478 g/mol. The maximum Gasteiger partial charge on any atom is 0.124 e. The molecule has 0 bridgehead atoms. The first-order chi connectivity index (χ1) is 18.8. The molecule has 1 heterocycles. The second-order valence-corrected chi connectivity index (χ2v) is 11.4. The molecule has 0 amide bonds. The standard InChI is InChI=1S/C36H31NO2/c1-35(2)36(3,4)39-37(38-35)28-21-26(24-12-6-5-7-13-24)20-27(22-28)25-18-19-33-31-16-9-8-14-29(31)30-15-10-11-17-32(30)34(33)23-25/h5-23H,1-4H3. The van der Waals surface area contributed by atoms with Gasteiger partial charge >= 0.3 is 0 Å². The fourth-order valence-corrected chi connectivity index (χ4v) is 5.53. The van der Waals surface area contributed by atoms with Crippen molar-refractivity contribution in [3.8, 4) is 22.3 Å². The van der Waals surface area contributed by atoms with Gasteiger partial charge in [-0.3, -0.25) is 0 Å². The average Bonchev–Trinajstić information content (AvgIpc) is 3.19. The second kappa shape index (κ2) is 8.67. The van der Waals surface area contributed by atoms with Gasteiger partial charge in [-0.1, -0.05) is 91.0 Å². The molecule has 0 spiro atoms. The van der Waals surface area contributed by atoms with Crippen molar-refractivity contribution in [1.29, 1.82) is 0 Å². The summed E-state index contributed by atoms with van der Waals surface area (Å²) < 4.78 is 0. The Bertz CT molecular complexity index is 1820. The normalized spacial score (nSPS) is 16.4. The third kappa shape index (κ3) is 3.89. The quantitative estimate of drug-likeness (QED) is 0.222. The average molecular weight is 510 g/mol. The van der Waals surface area contributed by atoms with Crippen LogP contribution in [0.2, 0.25) is 0 Å². The van der Waals surface area contributed by atoms with Crippen LogP contribution in [0.4, 0.5) is 5.69 Å². The molecule has 0 aliphatic carbocycles. The van der Waals surface area contributed by atoms with Crippen molar-refractivity contribution in [2.75, 3.05) is 5.23 Å². The summed E-state index contributed by atoms with van der Waals surface area (Å²) in [6.07, 6.45) is 0. The molecule has 192 valence electrons. The molecule has 7 rings (SSSR count). The van der Waals surface area contributed by atoms with Gasteiger partial charge in [-0.15, -0.1) is 5.23 Å². The predicted molar refractivity (Wildman–Crippen MR) is 163 cm³/mol. The van der Waals surface area contributed by atoms with E-state index in [9.17, 15) is 0 Å². The number of rotatable bonds is 3. The second-order valence-electron chi connectivity index (χ2n) is 11.4. The Morgan fingerprint density at radius 3 is 1.44 bits per heavy atom. The third-order valence-corrected chi connectivity index (χ3v) is 8.39. The Kier molecular flexibility index (Phi) is 5.31. The minimum absolute atomic E-state index is 0.473. The third-order valence-electron chi connectivity index (χ3n) is 8.39. The Labute approximate surface area is 229 Å². The van der Waals surface area contributed by atoms with Crippen LogP contribution in [-0.4, -0.2) is 11.2 Å². The molecule has 3 nitrogen and oxygen atoms in total. The lowest BCUT2D eigenvalue weighted by atomic mass is 9.90. The van der Waals surface area contributed by atoms with Gasteiger partial charge < -0.3 is 0 Å². The number of benzene rings is 6. The first-order valence-electron chi connectivity index (χ1n) is 13.5. The molecule has 0 aromatic heterocycles. The highest BCUT2D eigenvalue weighted by Gasteiger charge is 2.50. The predicted octanol–water partition coefficient (Wildman–Crippen LogP) is 9.72. The molecule has 6 aromatic rings. The molecule has 1 aliphatic heterocycles. The fraction of sp³-hybridized carbons (Fsp3) is 0.167. The number of hydrogen-bond donors (Lipinski definition) is 0. The molecule has 0 unspecified atom stereocenters. The van der Waals surface area contributed by atoms with Crippen LogP contribution in [0.25, 0.3) is 54.6 Å². The van der Waals surface area contributed by atoms with Crippen molar-refractivity contribution in [1.82, 2.24) is 0 Å². The van der Waals surface area contributed by atoms with Crippen molar-refractivity contribution >= 4 is 38.0 Å². The van der Waals surface area contributed by atoms with Gasteiger partial charge in [0, 0.05) is 0 Å². The van der Waals surface area contributed by atoms with Gasteiger partial charge in [0.2, 0.25) is 0 Å². The summed E-state index contributed by atoms with van der Waals surface area (Å²) in [5.74, 6) is 0. The van der Waals surface area contributed by atoms with Crippen molar-refractivity contribution < 1.29 is 9.68 Å². The van der Waals surface area contributed by atoms with E-state index in [4.69, 9.17) is 9.68 Å². The highest BCUT2D eigenvalue weighted by Crippen LogP contribution is 2.43. The minimum Gasteiger partial charge on any atom is -0.239 e. The molecule has 39 heavy (non-hydrogen) atoms.